The van der Waals surface area contributed by atoms with Gasteiger partial charge in [-0.3, -0.25) is 9.78 Å². The molecule has 1 heterocycles. The van der Waals surface area contributed by atoms with Crippen LogP contribution in [0.5, 0.6) is 0 Å². The van der Waals surface area contributed by atoms with Crippen LogP contribution in [0.2, 0.25) is 0 Å². The SMILES string of the molecule is Cc1ccc(NC(=O)Cc2ccccn2)cc1. The van der Waals surface area contributed by atoms with E-state index in [9.17, 15) is 4.79 Å². The van der Waals surface area contributed by atoms with E-state index < -0.39 is 0 Å². The highest BCUT2D eigenvalue weighted by atomic mass is 16.1. The Labute approximate surface area is 101 Å². The number of benzene rings is 1. The lowest BCUT2D eigenvalue weighted by Gasteiger charge is -2.05. The Hall–Kier alpha value is -2.16. The lowest BCUT2D eigenvalue weighted by molar-refractivity contribution is -0.115. The van der Waals surface area contributed by atoms with Gasteiger partial charge in [-0.05, 0) is 31.2 Å². The average molecular weight is 226 g/mol. The van der Waals surface area contributed by atoms with E-state index in [1.54, 1.807) is 6.20 Å². The van der Waals surface area contributed by atoms with E-state index in [0.29, 0.717) is 6.42 Å². The highest BCUT2D eigenvalue weighted by Crippen LogP contribution is 2.09. The summed E-state index contributed by atoms with van der Waals surface area (Å²) < 4.78 is 0. The Balaban J connectivity index is 1.96. The second-order valence-corrected chi connectivity index (χ2v) is 3.91. The van der Waals surface area contributed by atoms with Crippen molar-refractivity contribution in [1.82, 2.24) is 4.98 Å². The fraction of sp³-hybridized carbons (Fsp3) is 0.143. The largest absolute Gasteiger partial charge is 0.326 e. The van der Waals surface area contributed by atoms with E-state index in [1.807, 2.05) is 49.4 Å². The molecular formula is C14H14N2O. The number of carbonyl (C=O) groups is 1. The van der Waals surface area contributed by atoms with Crippen LogP contribution in [0.25, 0.3) is 0 Å². The van der Waals surface area contributed by atoms with E-state index in [0.717, 1.165) is 11.4 Å². The predicted molar refractivity (Wildman–Crippen MR) is 67.7 cm³/mol. The molecule has 0 aliphatic heterocycles. The van der Waals surface area contributed by atoms with Gasteiger partial charge >= 0.3 is 0 Å². The third kappa shape index (κ3) is 3.41. The second-order valence-electron chi connectivity index (χ2n) is 3.91. The first-order chi connectivity index (χ1) is 8.24. The van der Waals surface area contributed by atoms with E-state index in [4.69, 9.17) is 0 Å². The zero-order valence-electron chi connectivity index (χ0n) is 9.68. The summed E-state index contributed by atoms with van der Waals surface area (Å²) in [5, 5.41) is 2.84. The molecule has 1 amide bonds. The Kier molecular flexibility index (Phi) is 3.50. The maximum absolute atomic E-state index is 11.7. The molecule has 0 fully saturated rings. The van der Waals surface area contributed by atoms with Crippen LogP contribution in [0.4, 0.5) is 5.69 Å². The van der Waals surface area contributed by atoms with Gasteiger partial charge in [0.2, 0.25) is 5.91 Å². The predicted octanol–water partition coefficient (Wildman–Crippen LogP) is 2.57. The molecule has 0 atom stereocenters. The molecule has 0 saturated heterocycles. The lowest BCUT2D eigenvalue weighted by atomic mass is 10.2. The van der Waals surface area contributed by atoms with Crippen molar-refractivity contribution in [3.05, 3.63) is 59.9 Å². The topological polar surface area (TPSA) is 42.0 Å². The quantitative estimate of drug-likeness (QED) is 0.874. The molecule has 3 heteroatoms. The summed E-state index contributed by atoms with van der Waals surface area (Å²) >= 11 is 0. The van der Waals surface area contributed by atoms with Crippen molar-refractivity contribution >= 4 is 11.6 Å². The zero-order chi connectivity index (χ0) is 12.1. The van der Waals surface area contributed by atoms with Gasteiger partial charge in [-0.2, -0.15) is 0 Å². The van der Waals surface area contributed by atoms with Crippen molar-refractivity contribution in [2.45, 2.75) is 13.3 Å². The number of pyridine rings is 1. The molecule has 0 saturated carbocycles. The molecule has 86 valence electrons. The van der Waals surface area contributed by atoms with Gasteiger partial charge in [0.1, 0.15) is 0 Å². The molecule has 3 nitrogen and oxygen atoms in total. The number of hydrogen-bond donors (Lipinski definition) is 1. The van der Waals surface area contributed by atoms with Gasteiger partial charge in [-0.25, -0.2) is 0 Å². The summed E-state index contributed by atoms with van der Waals surface area (Å²) in [5.74, 6) is -0.0486. The normalized spacial score (nSPS) is 9.94. The number of hydrogen-bond acceptors (Lipinski definition) is 2. The summed E-state index contributed by atoms with van der Waals surface area (Å²) in [6.07, 6.45) is 1.99. The van der Waals surface area contributed by atoms with Crippen LogP contribution in [0.1, 0.15) is 11.3 Å². The van der Waals surface area contributed by atoms with Crippen LogP contribution in [0, 0.1) is 6.92 Å². The Bertz CT molecular complexity index is 491. The molecule has 17 heavy (non-hydrogen) atoms. The number of nitrogens with zero attached hydrogens (tertiary/aromatic N) is 1. The van der Waals surface area contributed by atoms with Gasteiger partial charge < -0.3 is 5.32 Å². The van der Waals surface area contributed by atoms with Crippen LogP contribution >= 0.6 is 0 Å². The van der Waals surface area contributed by atoms with E-state index in [1.165, 1.54) is 5.56 Å². The number of nitrogens with one attached hydrogen (secondary N) is 1. The molecule has 0 aliphatic carbocycles. The fourth-order valence-corrected chi connectivity index (χ4v) is 1.51. The van der Waals surface area contributed by atoms with Crippen molar-refractivity contribution in [3.8, 4) is 0 Å². The summed E-state index contributed by atoms with van der Waals surface area (Å²) in [6, 6.07) is 13.3. The highest BCUT2D eigenvalue weighted by Gasteiger charge is 2.04. The second kappa shape index (κ2) is 5.25. The third-order valence-corrected chi connectivity index (χ3v) is 2.40. The van der Waals surface area contributed by atoms with E-state index in [2.05, 4.69) is 10.3 Å². The van der Waals surface area contributed by atoms with Gasteiger partial charge in [0.05, 0.1) is 6.42 Å². The minimum atomic E-state index is -0.0486. The van der Waals surface area contributed by atoms with Crippen LogP contribution in [-0.2, 0) is 11.2 Å². The van der Waals surface area contributed by atoms with Gasteiger partial charge in [-0.15, -0.1) is 0 Å². The van der Waals surface area contributed by atoms with E-state index in [-0.39, 0.29) is 5.91 Å². The molecule has 2 rings (SSSR count). The Morgan fingerprint density at radius 3 is 2.59 bits per heavy atom. The number of carbonyl (C=O) groups excluding carboxylic acids is 1. The molecule has 0 unspecified atom stereocenters. The Morgan fingerprint density at radius 1 is 1.18 bits per heavy atom. The minimum Gasteiger partial charge on any atom is -0.326 e. The number of aromatic nitrogens is 1. The number of aryl methyl sites for hydroxylation is 1. The fourth-order valence-electron chi connectivity index (χ4n) is 1.51. The van der Waals surface area contributed by atoms with Crippen LogP contribution in [0.3, 0.4) is 0 Å². The van der Waals surface area contributed by atoms with Crippen molar-refractivity contribution < 1.29 is 4.79 Å². The average Bonchev–Trinajstić information content (AvgIpc) is 2.33. The molecule has 0 bridgehead atoms. The minimum absolute atomic E-state index is 0.0486. The molecule has 1 aromatic heterocycles. The summed E-state index contributed by atoms with van der Waals surface area (Å²) in [5.41, 5.74) is 2.77. The first-order valence-electron chi connectivity index (χ1n) is 5.50. The van der Waals surface area contributed by atoms with E-state index >= 15 is 0 Å². The first-order valence-corrected chi connectivity index (χ1v) is 5.50. The number of rotatable bonds is 3. The van der Waals surface area contributed by atoms with Gasteiger partial charge in [0.15, 0.2) is 0 Å². The van der Waals surface area contributed by atoms with Crippen molar-refractivity contribution in [2.24, 2.45) is 0 Å². The van der Waals surface area contributed by atoms with Gasteiger partial charge in [-0.1, -0.05) is 23.8 Å². The summed E-state index contributed by atoms with van der Waals surface area (Å²) in [4.78, 5) is 15.8. The summed E-state index contributed by atoms with van der Waals surface area (Å²) in [6.45, 7) is 2.01. The molecule has 0 spiro atoms. The van der Waals surface area contributed by atoms with Crippen LogP contribution in [-0.4, -0.2) is 10.9 Å². The molecule has 1 N–H and O–H groups in total. The van der Waals surface area contributed by atoms with Gasteiger partial charge in [0, 0.05) is 17.6 Å². The third-order valence-electron chi connectivity index (χ3n) is 2.40. The first kappa shape index (κ1) is 11.3. The standard InChI is InChI=1S/C14H14N2O/c1-11-5-7-12(8-6-11)16-14(17)10-13-4-2-3-9-15-13/h2-9H,10H2,1H3,(H,16,17). The molecule has 1 aromatic carbocycles. The molecule has 0 aliphatic rings. The lowest BCUT2D eigenvalue weighted by Crippen LogP contribution is -2.14. The van der Waals surface area contributed by atoms with Gasteiger partial charge in [0.25, 0.3) is 0 Å². The monoisotopic (exact) mass is 226 g/mol. The van der Waals surface area contributed by atoms with Crippen molar-refractivity contribution in [3.63, 3.8) is 0 Å². The number of amides is 1. The smallest absolute Gasteiger partial charge is 0.230 e. The van der Waals surface area contributed by atoms with Crippen LogP contribution < -0.4 is 5.32 Å². The maximum atomic E-state index is 11.7. The molecule has 0 radical (unpaired) electrons. The van der Waals surface area contributed by atoms with Crippen molar-refractivity contribution in [2.75, 3.05) is 5.32 Å². The number of anilines is 1. The van der Waals surface area contributed by atoms with Crippen molar-refractivity contribution in [1.29, 1.82) is 0 Å². The van der Waals surface area contributed by atoms with Crippen LogP contribution in [0.15, 0.2) is 48.7 Å². The maximum Gasteiger partial charge on any atom is 0.230 e. The molecule has 2 aromatic rings. The summed E-state index contributed by atoms with van der Waals surface area (Å²) in [7, 11) is 0. The zero-order valence-corrected chi connectivity index (χ0v) is 9.68. The Morgan fingerprint density at radius 2 is 1.94 bits per heavy atom. The highest BCUT2D eigenvalue weighted by molar-refractivity contribution is 5.91. The molecular weight excluding hydrogens is 212 g/mol.